The lowest BCUT2D eigenvalue weighted by atomic mass is 10.2. The van der Waals surface area contributed by atoms with E-state index < -0.39 is 17.8 Å². The fraction of sp³-hybridized carbons (Fsp3) is 0.0556. The molecule has 2 amide bonds. The second-order valence-corrected chi connectivity index (χ2v) is 5.58. The Bertz CT molecular complexity index is 1100. The Labute approximate surface area is 152 Å². The first kappa shape index (κ1) is 17.8. The normalized spacial score (nSPS) is 11.0. The monoisotopic (exact) mass is 365 g/mol. The maximum absolute atomic E-state index is 11.9. The van der Waals surface area contributed by atoms with Crippen LogP contribution >= 0.6 is 0 Å². The topological polar surface area (TPSA) is 136 Å². The minimum absolute atomic E-state index is 0.0631. The molecular weight excluding hydrogens is 352 g/mol. The van der Waals surface area contributed by atoms with E-state index in [9.17, 15) is 24.6 Å². The van der Waals surface area contributed by atoms with Gasteiger partial charge >= 0.3 is 11.8 Å². The summed E-state index contributed by atoms with van der Waals surface area (Å²) in [5, 5.41) is 30.8. The number of aryl methyl sites for hydroxylation is 1. The predicted molar refractivity (Wildman–Crippen MR) is 93.5 cm³/mol. The van der Waals surface area contributed by atoms with E-state index in [2.05, 4.69) is 15.5 Å². The highest BCUT2D eigenvalue weighted by Gasteiger charge is 2.17. The number of carbonyl (C=O) groups is 3. The maximum atomic E-state index is 11.9. The summed E-state index contributed by atoms with van der Waals surface area (Å²) in [4.78, 5) is 34.7. The zero-order valence-corrected chi connectivity index (χ0v) is 14.0. The fourth-order valence-electron chi connectivity index (χ4n) is 2.51. The molecule has 0 spiro atoms. The van der Waals surface area contributed by atoms with E-state index in [1.807, 2.05) is 0 Å². The van der Waals surface area contributed by atoms with Gasteiger partial charge in [0, 0.05) is 18.1 Å². The number of nitrogens with one attached hydrogen (secondary N) is 1. The highest BCUT2D eigenvalue weighted by molar-refractivity contribution is 6.40. The number of aromatic nitrogens is 1. The summed E-state index contributed by atoms with van der Waals surface area (Å²) in [5.41, 5.74) is 0.689. The Morgan fingerprint density at radius 2 is 1.85 bits per heavy atom. The molecule has 0 unspecified atom stereocenters. The molecule has 0 aliphatic carbocycles. The third-order valence-corrected chi connectivity index (χ3v) is 3.84. The average molecular weight is 365 g/mol. The number of carboxylic acids is 1. The molecule has 2 N–H and O–H groups in total. The van der Waals surface area contributed by atoms with Crippen LogP contribution in [0.25, 0.3) is 10.9 Å². The number of hydrogen-bond donors (Lipinski definition) is 2. The van der Waals surface area contributed by atoms with Crippen molar-refractivity contribution in [1.29, 1.82) is 0 Å². The van der Waals surface area contributed by atoms with Crippen molar-refractivity contribution < 1.29 is 24.6 Å². The second-order valence-electron chi connectivity index (χ2n) is 5.58. The molecule has 0 saturated heterocycles. The molecule has 0 aliphatic heterocycles. The molecule has 0 saturated carbocycles. The van der Waals surface area contributed by atoms with Gasteiger partial charge in [0.15, 0.2) is 5.69 Å². The SMILES string of the molecule is Cn1c(O)c(N=NC(=O)C(=O)Nc2cccc(C(=O)[O-])c2)c2ccccc21. The summed E-state index contributed by atoms with van der Waals surface area (Å²) in [6.07, 6.45) is 0. The number of carboxylic acid groups (broad SMARTS) is 1. The van der Waals surface area contributed by atoms with Gasteiger partial charge in [-0.05, 0) is 23.8 Å². The Hall–Kier alpha value is -4.01. The van der Waals surface area contributed by atoms with Crippen LogP contribution < -0.4 is 10.4 Å². The number of para-hydroxylation sites is 1. The number of hydrogen-bond acceptors (Lipinski definition) is 6. The van der Waals surface area contributed by atoms with Crippen LogP contribution in [0.4, 0.5) is 11.4 Å². The fourth-order valence-corrected chi connectivity index (χ4v) is 2.51. The molecule has 0 radical (unpaired) electrons. The summed E-state index contributed by atoms with van der Waals surface area (Å²) < 4.78 is 1.47. The summed E-state index contributed by atoms with van der Waals surface area (Å²) in [6, 6.07) is 12.2. The molecule has 3 aromatic rings. The minimum atomic E-state index is -1.41. The van der Waals surface area contributed by atoms with Gasteiger partial charge in [0.05, 0.1) is 11.5 Å². The van der Waals surface area contributed by atoms with Crippen molar-refractivity contribution in [3.05, 3.63) is 54.1 Å². The molecule has 0 bridgehead atoms. The van der Waals surface area contributed by atoms with Crippen molar-refractivity contribution in [2.24, 2.45) is 17.3 Å². The van der Waals surface area contributed by atoms with Gasteiger partial charge in [-0.15, -0.1) is 10.2 Å². The zero-order chi connectivity index (χ0) is 19.6. The third kappa shape index (κ3) is 3.52. The molecule has 0 fully saturated rings. The first-order chi connectivity index (χ1) is 12.9. The van der Waals surface area contributed by atoms with Gasteiger partial charge in [-0.1, -0.05) is 30.3 Å². The smallest absolute Gasteiger partial charge is 0.353 e. The first-order valence-corrected chi connectivity index (χ1v) is 7.73. The van der Waals surface area contributed by atoms with Gasteiger partial charge in [-0.3, -0.25) is 9.59 Å². The van der Waals surface area contributed by atoms with Gasteiger partial charge in [0.2, 0.25) is 5.88 Å². The summed E-state index contributed by atoms with van der Waals surface area (Å²) in [5.74, 6) is -3.92. The van der Waals surface area contributed by atoms with E-state index in [0.717, 1.165) is 6.07 Å². The largest absolute Gasteiger partial charge is 0.545 e. The molecule has 3 rings (SSSR count). The van der Waals surface area contributed by atoms with Gasteiger partial charge in [-0.25, -0.2) is 0 Å². The lowest BCUT2D eigenvalue weighted by Gasteiger charge is -2.06. The van der Waals surface area contributed by atoms with Crippen LogP contribution in [-0.4, -0.2) is 27.5 Å². The number of rotatable bonds is 3. The molecule has 27 heavy (non-hydrogen) atoms. The number of fused-ring (bicyclic) bond motifs is 1. The van der Waals surface area contributed by atoms with Crippen LogP contribution in [-0.2, 0) is 16.6 Å². The number of aromatic hydroxyl groups is 1. The number of anilines is 1. The quantitative estimate of drug-likeness (QED) is 0.535. The van der Waals surface area contributed by atoms with Gasteiger partial charge < -0.3 is 24.9 Å². The number of carbonyl (C=O) groups excluding carboxylic acids is 3. The Morgan fingerprint density at radius 3 is 2.59 bits per heavy atom. The van der Waals surface area contributed by atoms with Crippen LogP contribution in [0.5, 0.6) is 5.88 Å². The van der Waals surface area contributed by atoms with Crippen LogP contribution in [0.15, 0.2) is 58.8 Å². The van der Waals surface area contributed by atoms with Crippen molar-refractivity contribution in [2.75, 3.05) is 5.32 Å². The van der Waals surface area contributed by atoms with Crippen molar-refractivity contribution in [2.45, 2.75) is 0 Å². The van der Waals surface area contributed by atoms with Gasteiger partial charge in [0.1, 0.15) is 0 Å². The zero-order valence-electron chi connectivity index (χ0n) is 14.0. The first-order valence-electron chi connectivity index (χ1n) is 7.73. The van der Waals surface area contributed by atoms with Crippen LogP contribution in [0.3, 0.4) is 0 Å². The summed E-state index contributed by atoms with van der Waals surface area (Å²) >= 11 is 0. The molecule has 136 valence electrons. The minimum Gasteiger partial charge on any atom is -0.545 e. The molecular formula is C18H13N4O5-. The number of nitrogens with zero attached hydrogens (tertiary/aromatic N) is 3. The van der Waals surface area contributed by atoms with Crippen LogP contribution in [0.2, 0.25) is 0 Å². The van der Waals surface area contributed by atoms with E-state index in [-0.39, 0.29) is 22.8 Å². The average Bonchev–Trinajstić information content (AvgIpc) is 2.91. The van der Waals surface area contributed by atoms with E-state index >= 15 is 0 Å². The van der Waals surface area contributed by atoms with Crippen molar-refractivity contribution in [3.63, 3.8) is 0 Å². The maximum Gasteiger partial charge on any atom is 0.353 e. The number of aromatic carboxylic acids is 1. The van der Waals surface area contributed by atoms with Crippen LogP contribution in [0, 0.1) is 0 Å². The molecule has 1 aromatic heterocycles. The highest BCUT2D eigenvalue weighted by Crippen LogP contribution is 2.37. The Kier molecular flexibility index (Phi) is 4.67. The number of benzene rings is 2. The Morgan fingerprint density at radius 1 is 1.11 bits per heavy atom. The van der Waals surface area contributed by atoms with E-state index in [4.69, 9.17) is 0 Å². The predicted octanol–water partition coefficient (Wildman–Crippen LogP) is 1.50. The molecule has 9 heteroatoms. The van der Waals surface area contributed by atoms with Crippen molar-refractivity contribution >= 4 is 40.1 Å². The van der Waals surface area contributed by atoms with Gasteiger partial charge in [-0.2, -0.15) is 0 Å². The van der Waals surface area contributed by atoms with Gasteiger partial charge in [0.25, 0.3) is 0 Å². The molecule has 0 aliphatic rings. The molecule has 1 heterocycles. The Balaban J connectivity index is 1.79. The van der Waals surface area contributed by atoms with E-state index in [1.54, 1.807) is 31.3 Å². The van der Waals surface area contributed by atoms with Crippen molar-refractivity contribution in [3.8, 4) is 5.88 Å². The van der Waals surface area contributed by atoms with E-state index in [1.165, 1.54) is 22.8 Å². The lowest BCUT2D eigenvalue weighted by molar-refractivity contribution is -0.255. The summed E-state index contributed by atoms with van der Waals surface area (Å²) in [7, 11) is 1.62. The lowest BCUT2D eigenvalue weighted by Crippen LogP contribution is -2.23. The third-order valence-electron chi connectivity index (χ3n) is 3.84. The second kappa shape index (κ2) is 7.08. The molecule has 2 aromatic carbocycles. The van der Waals surface area contributed by atoms with Crippen molar-refractivity contribution in [1.82, 2.24) is 4.57 Å². The van der Waals surface area contributed by atoms with Crippen LogP contribution in [0.1, 0.15) is 10.4 Å². The molecule has 0 atom stereocenters. The number of amides is 2. The summed E-state index contributed by atoms with van der Waals surface area (Å²) in [6.45, 7) is 0. The highest BCUT2D eigenvalue weighted by atomic mass is 16.4. The molecule has 9 nitrogen and oxygen atoms in total. The number of azo groups is 1. The standard InChI is InChI=1S/C18H14N4O5/c1-22-13-8-3-2-7-12(13)14(17(22)25)20-21-16(24)15(23)19-11-6-4-5-10(9-11)18(26)27/h2-9,25H,1H3,(H,19,23)(H,26,27)/p-1. The van der Waals surface area contributed by atoms with E-state index in [0.29, 0.717) is 10.9 Å².